The van der Waals surface area contributed by atoms with Gasteiger partial charge < -0.3 is 25.8 Å². The van der Waals surface area contributed by atoms with Crippen LogP contribution in [-0.4, -0.2) is 62.6 Å². The van der Waals surface area contributed by atoms with Crippen molar-refractivity contribution in [1.82, 2.24) is 24.6 Å². The number of benzene rings is 1. The van der Waals surface area contributed by atoms with Gasteiger partial charge in [0.2, 0.25) is 0 Å². The van der Waals surface area contributed by atoms with Crippen LogP contribution in [0.1, 0.15) is 61.1 Å². The first kappa shape index (κ1) is 26.1. The molecular formula is C25H32ClFN6O3. The Kier molecular flexibility index (Phi) is 6.65. The summed E-state index contributed by atoms with van der Waals surface area (Å²) in [6.45, 7) is 7.35. The number of nitrogens with one attached hydrogen (secondary N) is 1. The fourth-order valence-corrected chi connectivity index (χ4v) is 4.82. The number of carbonyl (C=O) groups excluding carboxylic acids is 1. The summed E-state index contributed by atoms with van der Waals surface area (Å²) in [5.41, 5.74) is 4.59. The maximum atomic E-state index is 15.5. The Morgan fingerprint density at radius 1 is 1.44 bits per heavy atom. The van der Waals surface area contributed by atoms with E-state index in [1.165, 1.54) is 19.2 Å². The van der Waals surface area contributed by atoms with E-state index in [-0.39, 0.29) is 33.5 Å². The first-order chi connectivity index (χ1) is 16.8. The van der Waals surface area contributed by atoms with Gasteiger partial charge in [0, 0.05) is 24.5 Å². The summed E-state index contributed by atoms with van der Waals surface area (Å²) in [4.78, 5) is 24.1. The van der Waals surface area contributed by atoms with Gasteiger partial charge in [-0.25, -0.2) is 14.4 Å². The van der Waals surface area contributed by atoms with Crippen LogP contribution in [0.15, 0.2) is 18.5 Å². The summed E-state index contributed by atoms with van der Waals surface area (Å²) >= 11 is 6.30. The summed E-state index contributed by atoms with van der Waals surface area (Å²) in [7, 11) is 3.82. The third-order valence-corrected chi connectivity index (χ3v) is 6.60. The summed E-state index contributed by atoms with van der Waals surface area (Å²) in [5.74, 6) is -1.22. The summed E-state index contributed by atoms with van der Waals surface area (Å²) in [6, 6.07) is 1.28. The van der Waals surface area contributed by atoms with Gasteiger partial charge in [0.25, 0.3) is 5.91 Å². The number of aromatic nitrogens is 3. The molecule has 4 rings (SSSR count). The zero-order valence-electron chi connectivity index (χ0n) is 21.3. The number of imidazole rings is 1. The third-order valence-electron chi connectivity index (χ3n) is 6.32. The maximum absolute atomic E-state index is 15.5. The van der Waals surface area contributed by atoms with Crippen molar-refractivity contribution in [1.29, 1.82) is 0 Å². The maximum Gasteiger partial charge on any atom is 0.258 e. The predicted molar refractivity (Wildman–Crippen MR) is 136 cm³/mol. The van der Waals surface area contributed by atoms with Crippen molar-refractivity contribution < 1.29 is 19.0 Å². The lowest BCUT2D eigenvalue weighted by molar-refractivity contribution is 0.0837. The summed E-state index contributed by atoms with van der Waals surface area (Å²) in [5, 5.41) is 14.5. The minimum atomic E-state index is -1.84. The van der Waals surface area contributed by atoms with Crippen molar-refractivity contribution in [2.75, 3.05) is 26.4 Å². The summed E-state index contributed by atoms with van der Waals surface area (Å²) < 4.78 is 23.1. The van der Waals surface area contributed by atoms with E-state index >= 15 is 4.39 Å². The zero-order valence-corrected chi connectivity index (χ0v) is 22.1. The average Bonchev–Trinajstić information content (AvgIpc) is 3.40. The molecule has 0 spiro atoms. The fraction of sp³-hybridized carbons (Fsp3) is 0.480. The molecule has 9 nitrogen and oxygen atoms in total. The molecule has 1 aliphatic rings. The second kappa shape index (κ2) is 9.17. The number of ether oxygens (including phenoxy) is 1. The van der Waals surface area contributed by atoms with Gasteiger partial charge in [-0.15, -0.1) is 0 Å². The molecule has 0 radical (unpaired) electrons. The second-order valence-electron chi connectivity index (χ2n) is 10.2. The van der Waals surface area contributed by atoms with Crippen LogP contribution in [0, 0.1) is 12.7 Å². The van der Waals surface area contributed by atoms with E-state index in [0.29, 0.717) is 17.8 Å². The number of amides is 1. The van der Waals surface area contributed by atoms with Crippen LogP contribution < -0.4 is 15.8 Å². The van der Waals surface area contributed by atoms with E-state index in [2.05, 4.69) is 15.3 Å². The Morgan fingerprint density at radius 3 is 2.69 bits per heavy atom. The van der Waals surface area contributed by atoms with Gasteiger partial charge >= 0.3 is 0 Å². The second-order valence-corrected chi connectivity index (χ2v) is 10.6. The van der Waals surface area contributed by atoms with E-state index in [9.17, 15) is 9.90 Å². The summed E-state index contributed by atoms with van der Waals surface area (Å²) in [6.07, 6.45) is 4.24. The van der Waals surface area contributed by atoms with Crippen molar-refractivity contribution in [3.63, 3.8) is 0 Å². The highest BCUT2D eigenvalue weighted by molar-refractivity contribution is 6.31. The molecule has 3 aromatic rings. The Morgan fingerprint density at radius 2 is 2.11 bits per heavy atom. The fourth-order valence-electron chi connectivity index (χ4n) is 4.62. The highest BCUT2D eigenvalue weighted by Crippen LogP contribution is 2.43. The SMILES string of the molecule is Cc1nc([C@@](C)(O)c2cc(Cl)c(F)c(C(=O)NC3(CN(C)C)CC3)c2OC(C)C)n2ccnc(N)c12. The zero-order chi connectivity index (χ0) is 26.6. The van der Waals surface area contributed by atoms with Crippen LogP contribution in [-0.2, 0) is 5.60 Å². The minimum absolute atomic E-state index is 0.0912. The lowest BCUT2D eigenvalue weighted by Gasteiger charge is -2.29. The van der Waals surface area contributed by atoms with Gasteiger partial charge in [0.05, 0.1) is 22.4 Å². The molecule has 11 heteroatoms. The van der Waals surface area contributed by atoms with E-state index in [4.69, 9.17) is 22.1 Å². The normalized spacial score (nSPS) is 16.4. The Hall–Kier alpha value is -2.95. The number of aryl methyl sites for hydroxylation is 1. The van der Waals surface area contributed by atoms with Gasteiger partial charge in [0.1, 0.15) is 34.1 Å². The van der Waals surface area contributed by atoms with E-state index < -0.39 is 29.0 Å². The van der Waals surface area contributed by atoms with Crippen LogP contribution in [0.4, 0.5) is 10.2 Å². The molecule has 194 valence electrons. The largest absolute Gasteiger partial charge is 0.490 e. The number of hydrogen-bond acceptors (Lipinski definition) is 7. The van der Waals surface area contributed by atoms with E-state index in [1.807, 2.05) is 19.0 Å². The van der Waals surface area contributed by atoms with Gasteiger partial charge in [-0.05, 0) is 60.7 Å². The molecule has 1 fully saturated rings. The van der Waals surface area contributed by atoms with Crippen molar-refractivity contribution in [3.05, 3.63) is 51.9 Å². The van der Waals surface area contributed by atoms with E-state index in [0.717, 1.165) is 12.8 Å². The predicted octanol–water partition coefficient (Wildman–Crippen LogP) is 3.28. The number of nitrogen functional groups attached to an aromatic ring is 1. The molecule has 0 bridgehead atoms. The van der Waals surface area contributed by atoms with Crippen LogP contribution in [0.2, 0.25) is 5.02 Å². The molecule has 1 atom stereocenters. The van der Waals surface area contributed by atoms with Crippen LogP contribution in [0.5, 0.6) is 5.75 Å². The molecule has 1 aliphatic carbocycles. The number of likely N-dealkylation sites (N-methyl/N-ethyl adjacent to an activating group) is 1. The molecule has 4 N–H and O–H groups in total. The van der Waals surface area contributed by atoms with Gasteiger partial charge in [-0.1, -0.05) is 11.6 Å². The highest BCUT2D eigenvalue weighted by atomic mass is 35.5. The molecule has 1 amide bonds. The quantitative estimate of drug-likeness (QED) is 0.419. The van der Waals surface area contributed by atoms with Crippen molar-refractivity contribution in [2.24, 2.45) is 0 Å². The van der Waals surface area contributed by atoms with Crippen LogP contribution >= 0.6 is 11.6 Å². The lowest BCUT2D eigenvalue weighted by atomic mass is 9.91. The topological polar surface area (TPSA) is 118 Å². The minimum Gasteiger partial charge on any atom is -0.490 e. The molecule has 36 heavy (non-hydrogen) atoms. The number of aliphatic hydroxyl groups is 1. The van der Waals surface area contributed by atoms with Gasteiger partial charge in [0.15, 0.2) is 5.82 Å². The molecule has 1 aromatic carbocycles. The lowest BCUT2D eigenvalue weighted by Crippen LogP contribution is -2.44. The number of anilines is 1. The average molecular weight is 519 g/mol. The van der Waals surface area contributed by atoms with Crippen molar-refractivity contribution in [2.45, 2.75) is 57.8 Å². The molecule has 0 saturated heterocycles. The number of rotatable bonds is 8. The molecule has 0 aliphatic heterocycles. The first-order valence-electron chi connectivity index (χ1n) is 11.8. The van der Waals surface area contributed by atoms with Gasteiger partial charge in [-0.3, -0.25) is 9.20 Å². The standard InChI is InChI=1S/C25H32ClFN6O3/c1-13(2)36-20-15(24(4,35)23-30-14(3)19-21(28)29-9-10-33(19)23)11-16(26)18(27)17(20)22(34)31-25(7-8-25)12-32(5)6/h9-11,13,35H,7-8,12H2,1-6H3,(H2,28,29)(H,31,34)/t24-/m0/s1. The first-order valence-corrected chi connectivity index (χ1v) is 12.1. The van der Waals surface area contributed by atoms with Crippen LogP contribution in [0.3, 0.4) is 0 Å². The Bertz CT molecular complexity index is 1330. The van der Waals surface area contributed by atoms with Crippen molar-refractivity contribution >= 4 is 28.8 Å². The van der Waals surface area contributed by atoms with E-state index in [1.54, 1.807) is 31.4 Å². The molecular weight excluding hydrogens is 487 g/mol. The monoisotopic (exact) mass is 518 g/mol. The molecule has 0 unspecified atom stereocenters. The number of nitrogens with zero attached hydrogens (tertiary/aromatic N) is 4. The number of carbonyl (C=O) groups is 1. The van der Waals surface area contributed by atoms with Crippen molar-refractivity contribution in [3.8, 4) is 5.75 Å². The third kappa shape index (κ3) is 4.60. The number of fused-ring (bicyclic) bond motifs is 1. The number of nitrogens with two attached hydrogens (primary N) is 1. The smallest absolute Gasteiger partial charge is 0.258 e. The molecule has 2 heterocycles. The molecule has 1 saturated carbocycles. The number of halogens is 2. The number of hydrogen-bond donors (Lipinski definition) is 3. The van der Waals surface area contributed by atoms with Gasteiger partial charge in [-0.2, -0.15) is 0 Å². The van der Waals surface area contributed by atoms with Crippen LogP contribution in [0.25, 0.3) is 5.52 Å². The highest BCUT2D eigenvalue weighted by Gasteiger charge is 2.46. The molecule has 2 aromatic heterocycles. The Labute approximate surface area is 214 Å². The Balaban J connectivity index is 1.90.